The van der Waals surface area contributed by atoms with E-state index in [1.807, 2.05) is 13.1 Å². The molecule has 5 heteroatoms. The van der Waals surface area contributed by atoms with Gasteiger partial charge in [0.2, 0.25) is 0 Å². The predicted molar refractivity (Wildman–Crippen MR) is 78.4 cm³/mol. The highest BCUT2D eigenvalue weighted by molar-refractivity contribution is 5.76. The smallest absolute Gasteiger partial charge is 0.311 e. The van der Waals surface area contributed by atoms with Crippen molar-refractivity contribution in [1.82, 2.24) is 19.4 Å². The third-order valence-electron chi connectivity index (χ3n) is 3.40. The van der Waals surface area contributed by atoms with E-state index in [2.05, 4.69) is 36.4 Å². The maximum Gasteiger partial charge on any atom is 0.328 e. The summed E-state index contributed by atoms with van der Waals surface area (Å²) in [5.41, 5.74) is 3.18. The molecule has 19 heavy (non-hydrogen) atoms. The van der Waals surface area contributed by atoms with E-state index < -0.39 is 0 Å². The number of nitrogens with zero attached hydrogens (tertiary/aromatic N) is 3. The van der Waals surface area contributed by atoms with Crippen LogP contribution in [0.15, 0.2) is 23.0 Å². The molecule has 0 fully saturated rings. The summed E-state index contributed by atoms with van der Waals surface area (Å²) in [5.74, 6) is 0. The van der Waals surface area contributed by atoms with Gasteiger partial charge in [-0.25, -0.2) is 4.79 Å². The van der Waals surface area contributed by atoms with Gasteiger partial charge in [-0.15, -0.1) is 0 Å². The number of nitrogens with one attached hydrogen (secondary N) is 1. The molecule has 0 aliphatic heterocycles. The lowest BCUT2D eigenvalue weighted by Gasteiger charge is -2.10. The van der Waals surface area contributed by atoms with Gasteiger partial charge in [-0.05, 0) is 31.8 Å². The third kappa shape index (κ3) is 2.88. The SMILES string of the molecule is CN(C)CCNCc1ccc2c(c1)n(C)c(=O)n2C. The molecule has 0 unspecified atom stereocenters. The van der Waals surface area contributed by atoms with Gasteiger partial charge in [-0.3, -0.25) is 9.13 Å². The minimum Gasteiger partial charge on any atom is -0.311 e. The zero-order chi connectivity index (χ0) is 14.0. The van der Waals surface area contributed by atoms with Crippen molar-refractivity contribution >= 4 is 11.0 Å². The van der Waals surface area contributed by atoms with Crippen molar-refractivity contribution in [1.29, 1.82) is 0 Å². The normalized spacial score (nSPS) is 11.6. The van der Waals surface area contributed by atoms with Crippen LogP contribution in [0.2, 0.25) is 0 Å². The van der Waals surface area contributed by atoms with Crippen LogP contribution >= 0.6 is 0 Å². The van der Waals surface area contributed by atoms with Crippen LogP contribution in [0.5, 0.6) is 0 Å². The molecule has 0 spiro atoms. The maximum atomic E-state index is 11.8. The molecule has 5 nitrogen and oxygen atoms in total. The lowest BCUT2D eigenvalue weighted by Crippen LogP contribution is -2.26. The number of aryl methyl sites for hydroxylation is 2. The molecule has 104 valence electrons. The van der Waals surface area contributed by atoms with Gasteiger partial charge in [-0.1, -0.05) is 6.07 Å². The second kappa shape index (κ2) is 5.59. The Bertz CT molecular complexity index is 624. The van der Waals surface area contributed by atoms with Gasteiger partial charge in [0.25, 0.3) is 0 Å². The Morgan fingerprint density at radius 2 is 1.84 bits per heavy atom. The highest BCUT2D eigenvalue weighted by Crippen LogP contribution is 2.13. The van der Waals surface area contributed by atoms with Gasteiger partial charge in [0.05, 0.1) is 11.0 Å². The van der Waals surface area contributed by atoms with Crippen LogP contribution in [0.25, 0.3) is 11.0 Å². The van der Waals surface area contributed by atoms with E-state index in [0.717, 1.165) is 30.7 Å². The van der Waals surface area contributed by atoms with Crippen LogP contribution in [0.1, 0.15) is 5.56 Å². The second-order valence-corrected chi connectivity index (χ2v) is 5.20. The summed E-state index contributed by atoms with van der Waals surface area (Å²) in [4.78, 5) is 14.0. The van der Waals surface area contributed by atoms with Crippen LogP contribution in [-0.4, -0.2) is 41.2 Å². The van der Waals surface area contributed by atoms with E-state index in [-0.39, 0.29) is 5.69 Å². The summed E-state index contributed by atoms with van der Waals surface area (Å²) in [6.45, 7) is 2.80. The number of hydrogen-bond acceptors (Lipinski definition) is 3. The van der Waals surface area contributed by atoms with Crippen molar-refractivity contribution in [3.63, 3.8) is 0 Å². The largest absolute Gasteiger partial charge is 0.328 e. The molecule has 0 amide bonds. The van der Waals surface area contributed by atoms with Crippen molar-refractivity contribution in [2.24, 2.45) is 14.1 Å². The Morgan fingerprint density at radius 3 is 2.53 bits per heavy atom. The predicted octanol–water partition coefficient (Wildman–Crippen LogP) is 0.528. The third-order valence-corrected chi connectivity index (χ3v) is 3.40. The Morgan fingerprint density at radius 1 is 1.16 bits per heavy atom. The van der Waals surface area contributed by atoms with E-state index >= 15 is 0 Å². The molecule has 0 aliphatic rings. The van der Waals surface area contributed by atoms with Crippen molar-refractivity contribution in [2.45, 2.75) is 6.54 Å². The lowest BCUT2D eigenvalue weighted by atomic mass is 10.2. The number of fused-ring (bicyclic) bond motifs is 1. The second-order valence-electron chi connectivity index (χ2n) is 5.20. The number of rotatable bonds is 5. The molecule has 0 saturated heterocycles. The van der Waals surface area contributed by atoms with Crippen LogP contribution < -0.4 is 11.0 Å². The molecule has 2 aromatic rings. The van der Waals surface area contributed by atoms with E-state index in [1.165, 1.54) is 5.56 Å². The van der Waals surface area contributed by atoms with Crippen LogP contribution in [0, 0.1) is 0 Å². The molecule has 1 N–H and O–H groups in total. The summed E-state index contributed by atoms with van der Waals surface area (Å²) in [6.07, 6.45) is 0. The van der Waals surface area contributed by atoms with Crippen molar-refractivity contribution in [3.8, 4) is 0 Å². The Labute approximate surface area is 113 Å². The molecule has 0 radical (unpaired) electrons. The van der Waals surface area contributed by atoms with Gasteiger partial charge >= 0.3 is 5.69 Å². The number of aromatic nitrogens is 2. The van der Waals surface area contributed by atoms with E-state index in [4.69, 9.17) is 0 Å². The van der Waals surface area contributed by atoms with Crippen LogP contribution in [-0.2, 0) is 20.6 Å². The number of hydrogen-bond donors (Lipinski definition) is 1. The molecule has 1 aromatic carbocycles. The van der Waals surface area contributed by atoms with Crippen molar-refractivity contribution < 1.29 is 0 Å². The van der Waals surface area contributed by atoms with Gasteiger partial charge in [0, 0.05) is 33.7 Å². The summed E-state index contributed by atoms with van der Waals surface area (Å²) in [5, 5.41) is 3.40. The van der Waals surface area contributed by atoms with Crippen molar-refractivity contribution in [3.05, 3.63) is 34.2 Å². The molecule has 1 heterocycles. The first-order valence-corrected chi connectivity index (χ1v) is 6.50. The average Bonchev–Trinajstić information content (AvgIpc) is 2.60. The standard InChI is InChI=1S/C14H22N4O/c1-16(2)8-7-15-10-11-5-6-12-13(9-11)18(4)14(19)17(12)3/h5-6,9,15H,7-8,10H2,1-4H3. The first kappa shape index (κ1) is 13.8. The van der Waals surface area contributed by atoms with Crippen LogP contribution in [0.3, 0.4) is 0 Å². The average molecular weight is 262 g/mol. The molecular weight excluding hydrogens is 240 g/mol. The Kier molecular flexibility index (Phi) is 4.07. The molecule has 2 rings (SSSR count). The zero-order valence-corrected chi connectivity index (χ0v) is 12.1. The van der Waals surface area contributed by atoms with E-state index in [9.17, 15) is 4.79 Å². The lowest BCUT2D eigenvalue weighted by molar-refractivity contribution is 0.400. The maximum absolute atomic E-state index is 11.8. The number of benzene rings is 1. The first-order valence-electron chi connectivity index (χ1n) is 6.50. The van der Waals surface area contributed by atoms with Gasteiger partial charge in [0.15, 0.2) is 0 Å². The fourth-order valence-electron chi connectivity index (χ4n) is 2.20. The topological polar surface area (TPSA) is 42.2 Å². The molecule has 0 aliphatic carbocycles. The minimum atomic E-state index is 0.0210. The Hall–Kier alpha value is -1.59. The number of imidazole rings is 1. The van der Waals surface area contributed by atoms with Gasteiger partial charge in [-0.2, -0.15) is 0 Å². The molecular formula is C14H22N4O. The summed E-state index contributed by atoms with van der Waals surface area (Å²) in [7, 11) is 7.74. The van der Waals surface area contributed by atoms with Gasteiger partial charge < -0.3 is 10.2 Å². The summed E-state index contributed by atoms with van der Waals surface area (Å²) in [6, 6.07) is 6.17. The molecule has 0 atom stereocenters. The van der Waals surface area contributed by atoms with E-state index in [1.54, 1.807) is 16.2 Å². The fourth-order valence-corrected chi connectivity index (χ4v) is 2.20. The van der Waals surface area contributed by atoms with Crippen LogP contribution in [0.4, 0.5) is 0 Å². The van der Waals surface area contributed by atoms with Gasteiger partial charge in [0.1, 0.15) is 0 Å². The molecule has 0 bridgehead atoms. The molecule has 0 saturated carbocycles. The Balaban J connectivity index is 2.14. The fraction of sp³-hybridized carbons (Fsp3) is 0.500. The zero-order valence-electron chi connectivity index (χ0n) is 12.1. The van der Waals surface area contributed by atoms with E-state index in [0.29, 0.717) is 0 Å². The first-order chi connectivity index (χ1) is 9.00. The quantitative estimate of drug-likeness (QED) is 0.799. The highest BCUT2D eigenvalue weighted by Gasteiger charge is 2.07. The number of likely N-dealkylation sites (N-methyl/N-ethyl adjacent to an activating group) is 1. The molecule has 1 aromatic heterocycles. The van der Waals surface area contributed by atoms with Crippen molar-refractivity contribution in [2.75, 3.05) is 27.2 Å². The highest BCUT2D eigenvalue weighted by atomic mass is 16.1. The summed E-state index contributed by atoms with van der Waals surface area (Å²) < 4.78 is 3.37. The summed E-state index contributed by atoms with van der Waals surface area (Å²) >= 11 is 0. The minimum absolute atomic E-state index is 0.0210. The monoisotopic (exact) mass is 262 g/mol.